The molecule has 0 spiro atoms. The molecule has 0 aromatic heterocycles. The number of rotatable bonds is 36. The van der Waals surface area contributed by atoms with Crippen molar-refractivity contribution in [1.29, 1.82) is 0 Å². The van der Waals surface area contributed by atoms with E-state index in [0.717, 1.165) is 0 Å². The van der Waals surface area contributed by atoms with Gasteiger partial charge in [-0.15, -0.1) is 12.4 Å². The van der Waals surface area contributed by atoms with Crippen molar-refractivity contribution in [2.75, 3.05) is 159 Å². The second kappa shape index (κ2) is 41.2. The number of nitrogens with two attached hydrogens (primary N) is 1. The summed E-state index contributed by atoms with van der Waals surface area (Å²) in [5, 5.41) is 3.37. The molecule has 0 aliphatic heterocycles. The molecule has 0 aliphatic carbocycles. The van der Waals surface area contributed by atoms with Gasteiger partial charge in [-0.2, -0.15) is 0 Å². The Morgan fingerprint density at radius 2 is 0.561 bits per heavy atom. The topological polar surface area (TPSA) is 186 Å². The maximum atomic E-state index is 8.12. The Morgan fingerprint density at radius 1 is 0.366 bits per heavy atom. The maximum absolute atomic E-state index is 8.12. The first-order valence-electron chi connectivity index (χ1n) is 13.6. The van der Waals surface area contributed by atoms with Gasteiger partial charge in [0.2, 0.25) is 0 Å². The van der Waals surface area contributed by atoms with Crippen LogP contribution in [0, 0.1) is 0 Å². The molecule has 0 saturated heterocycles. The molecule has 0 bridgehead atoms. The Labute approximate surface area is 249 Å². The number of hydrogen-bond donors (Lipinski definition) is 1. The van der Waals surface area contributed by atoms with Crippen LogP contribution in [-0.2, 0) is 56.9 Å². The summed E-state index contributed by atoms with van der Waals surface area (Å²) in [4.78, 5) is 7.02. The van der Waals surface area contributed by atoms with Gasteiger partial charge in [0, 0.05) is 11.5 Å². The summed E-state index contributed by atoms with van der Waals surface area (Å²) in [6.07, 6.45) is 0. The minimum absolute atomic E-state index is 0. The highest BCUT2D eigenvalue weighted by molar-refractivity contribution is 5.85. The van der Waals surface area contributed by atoms with Gasteiger partial charge in [0.15, 0.2) is 0 Å². The standard InChI is InChI=1S/C24H50N4O12.ClH/c25-28-27-1-2-29-3-4-30-5-6-31-7-8-32-9-10-33-11-12-34-13-14-35-15-16-36-17-18-37-19-20-38-21-22-39-23-24-40-26;/h1-24,26H2;1H. The average molecular weight is 623 g/mol. The normalized spacial score (nSPS) is 11.0. The lowest BCUT2D eigenvalue weighted by molar-refractivity contribution is -0.0283. The number of azide groups is 1. The number of nitrogens with zero attached hydrogens (tertiary/aromatic N) is 3. The molecule has 17 heteroatoms. The van der Waals surface area contributed by atoms with Crippen molar-refractivity contribution in [3.63, 3.8) is 0 Å². The molecule has 0 radical (unpaired) electrons. The van der Waals surface area contributed by atoms with E-state index in [1.807, 2.05) is 0 Å². The zero-order chi connectivity index (χ0) is 28.9. The highest BCUT2D eigenvalue weighted by Gasteiger charge is 1.96. The molecule has 0 atom stereocenters. The minimum Gasteiger partial charge on any atom is -0.379 e. The van der Waals surface area contributed by atoms with Crippen LogP contribution < -0.4 is 5.90 Å². The van der Waals surface area contributed by atoms with E-state index in [1.165, 1.54) is 0 Å². The fraction of sp³-hybridized carbons (Fsp3) is 1.00. The zero-order valence-electron chi connectivity index (χ0n) is 24.2. The first-order chi connectivity index (χ1) is 19.9. The Balaban J connectivity index is 0. The average Bonchev–Trinajstić information content (AvgIpc) is 2.97. The molecule has 0 heterocycles. The minimum atomic E-state index is 0. The Hall–Kier alpha value is -0.920. The van der Waals surface area contributed by atoms with E-state index in [9.17, 15) is 0 Å². The van der Waals surface area contributed by atoms with E-state index in [1.54, 1.807) is 0 Å². The van der Waals surface area contributed by atoms with Crippen molar-refractivity contribution in [2.45, 2.75) is 0 Å². The second-order valence-electron chi connectivity index (χ2n) is 7.56. The molecule has 0 aromatic rings. The lowest BCUT2D eigenvalue weighted by Crippen LogP contribution is -2.15. The van der Waals surface area contributed by atoms with E-state index in [0.29, 0.717) is 159 Å². The van der Waals surface area contributed by atoms with Crippen LogP contribution in [0.1, 0.15) is 0 Å². The van der Waals surface area contributed by atoms with Crippen molar-refractivity contribution in [1.82, 2.24) is 0 Å². The van der Waals surface area contributed by atoms with E-state index < -0.39 is 0 Å². The van der Waals surface area contributed by atoms with Crippen molar-refractivity contribution < 1.29 is 56.9 Å². The van der Waals surface area contributed by atoms with Crippen molar-refractivity contribution in [3.05, 3.63) is 10.4 Å². The van der Waals surface area contributed by atoms with Gasteiger partial charge in [0.1, 0.15) is 0 Å². The Kier molecular flexibility index (Phi) is 42.4. The predicted octanol–water partition coefficient (Wildman–Crippen LogP) is 0.791. The molecule has 16 nitrogen and oxygen atoms in total. The van der Waals surface area contributed by atoms with Gasteiger partial charge in [-0.05, 0) is 5.53 Å². The van der Waals surface area contributed by atoms with Crippen LogP contribution in [0.25, 0.3) is 10.4 Å². The molecule has 0 aromatic carbocycles. The third-order valence-electron chi connectivity index (χ3n) is 4.46. The van der Waals surface area contributed by atoms with Gasteiger partial charge in [-0.3, -0.25) is 0 Å². The van der Waals surface area contributed by atoms with E-state index >= 15 is 0 Å². The maximum Gasteiger partial charge on any atom is 0.0913 e. The summed E-state index contributed by atoms with van der Waals surface area (Å²) in [5.41, 5.74) is 8.12. The van der Waals surface area contributed by atoms with Gasteiger partial charge in [-0.25, -0.2) is 5.90 Å². The smallest absolute Gasteiger partial charge is 0.0913 e. The Bertz CT molecular complexity index is 529. The summed E-state index contributed by atoms with van der Waals surface area (Å²) in [5.74, 6) is 4.88. The first-order valence-corrected chi connectivity index (χ1v) is 13.6. The van der Waals surface area contributed by atoms with E-state index in [2.05, 4.69) is 14.9 Å². The third-order valence-corrected chi connectivity index (χ3v) is 4.46. The summed E-state index contributed by atoms with van der Waals surface area (Å²) in [6, 6.07) is 0. The number of hydrogen-bond acceptors (Lipinski definition) is 14. The lowest BCUT2D eigenvalue weighted by atomic mass is 10.6. The fourth-order valence-electron chi connectivity index (χ4n) is 2.56. The van der Waals surface area contributed by atoms with E-state index in [4.69, 9.17) is 63.5 Å². The summed E-state index contributed by atoms with van der Waals surface area (Å²) in [6.45, 7) is 11.5. The molecular formula is C24H51ClN4O12. The monoisotopic (exact) mass is 622 g/mol. The van der Waals surface area contributed by atoms with Crippen molar-refractivity contribution in [3.8, 4) is 0 Å². The first kappa shape index (κ1) is 42.2. The SMILES string of the molecule is Cl.[N-]=[N+]=NCCOCCOCCOCCOCCOCCOCCOCCOCCOCCOCCOCCON. The van der Waals surface area contributed by atoms with E-state index in [-0.39, 0.29) is 12.4 Å². The lowest BCUT2D eigenvalue weighted by Gasteiger charge is -2.09. The molecular weight excluding hydrogens is 572 g/mol. The van der Waals surface area contributed by atoms with Gasteiger partial charge < -0.3 is 56.9 Å². The van der Waals surface area contributed by atoms with Crippen LogP contribution >= 0.6 is 12.4 Å². The molecule has 0 amide bonds. The van der Waals surface area contributed by atoms with Crippen LogP contribution in [0.2, 0.25) is 0 Å². The third kappa shape index (κ3) is 41.3. The van der Waals surface area contributed by atoms with Gasteiger partial charge in [0.05, 0.1) is 152 Å². The number of halogens is 1. The summed E-state index contributed by atoms with van der Waals surface area (Å²) < 4.78 is 59.1. The molecule has 2 N–H and O–H groups in total. The van der Waals surface area contributed by atoms with Crippen LogP contribution in [0.4, 0.5) is 0 Å². The fourth-order valence-corrected chi connectivity index (χ4v) is 2.56. The van der Waals surface area contributed by atoms with Crippen molar-refractivity contribution in [2.24, 2.45) is 11.0 Å². The van der Waals surface area contributed by atoms with Crippen LogP contribution in [0.5, 0.6) is 0 Å². The molecule has 0 saturated carbocycles. The van der Waals surface area contributed by atoms with Crippen LogP contribution in [0.3, 0.4) is 0 Å². The predicted molar refractivity (Wildman–Crippen MR) is 150 cm³/mol. The number of ether oxygens (including phenoxy) is 11. The van der Waals surface area contributed by atoms with Crippen LogP contribution in [-0.4, -0.2) is 159 Å². The van der Waals surface area contributed by atoms with Gasteiger partial charge in [-0.1, -0.05) is 5.11 Å². The molecule has 0 rings (SSSR count). The second-order valence-corrected chi connectivity index (χ2v) is 7.56. The molecule has 0 unspecified atom stereocenters. The van der Waals surface area contributed by atoms with Gasteiger partial charge >= 0.3 is 0 Å². The highest BCUT2D eigenvalue weighted by atomic mass is 35.5. The Morgan fingerprint density at radius 3 is 0.756 bits per heavy atom. The quantitative estimate of drug-likeness (QED) is 0.0340. The molecule has 0 aliphatic rings. The summed E-state index contributed by atoms with van der Waals surface area (Å²) >= 11 is 0. The summed E-state index contributed by atoms with van der Waals surface area (Å²) in [7, 11) is 0. The highest BCUT2D eigenvalue weighted by Crippen LogP contribution is 1.87. The van der Waals surface area contributed by atoms with Gasteiger partial charge in [0.25, 0.3) is 0 Å². The van der Waals surface area contributed by atoms with Crippen molar-refractivity contribution >= 4 is 12.4 Å². The molecule has 41 heavy (non-hydrogen) atoms. The largest absolute Gasteiger partial charge is 0.379 e. The zero-order valence-corrected chi connectivity index (χ0v) is 25.0. The molecule has 246 valence electrons. The molecule has 0 fully saturated rings. The van der Waals surface area contributed by atoms with Crippen LogP contribution in [0.15, 0.2) is 5.11 Å².